The highest BCUT2D eigenvalue weighted by atomic mass is 127. The predicted molar refractivity (Wildman–Crippen MR) is 73.2 cm³/mol. The molecule has 16 heavy (non-hydrogen) atoms. The van der Waals surface area contributed by atoms with Gasteiger partial charge in [0.05, 0.1) is 6.10 Å². The molecule has 3 nitrogen and oxygen atoms in total. The molecule has 90 valence electrons. The van der Waals surface area contributed by atoms with Crippen molar-refractivity contribution in [2.24, 2.45) is 5.73 Å². The number of ether oxygens (including phenoxy) is 1. The molecule has 0 saturated carbocycles. The van der Waals surface area contributed by atoms with E-state index in [1.54, 1.807) is 7.11 Å². The van der Waals surface area contributed by atoms with Gasteiger partial charge < -0.3 is 15.6 Å². The third-order valence-corrected chi connectivity index (χ3v) is 3.19. The van der Waals surface area contributed by atoms with Crippen molar-refractivity contribution >= 4 is 22.6 Å². The second kappa shape index (κ2) is 7.21. The van der Waals surface area contributed by atoms with Gasteiger partial charge in [0.1, 0.15) is 0 Å². The van der Waals surface area contributed by atoms with Crippen LogP contribution < -0.4 is 5.73 Å². The van der Waals surface area contributed by atoms with Gasteiger partial charge in [0.25, 0.3) is 0 Å². The summed E-state index contributed by atoms with van der Waals surface area (Å²) in [6, 6.07) is 7.83. The SMILES string of the molecule is COCCC(N)CC(O)c1ccc(I)cc1. The Morgan fingerprint density at radius 2 is 2.00 bits per heavy atom. The summed E-state index contributed by atoms with van der Waals surface area (Å²) in [5.74, 6) is 0. The highest BCUT2D eigenvalue weighted by Crippen LogP contribution is 2.19. The number of methoxy groups -OCH3 is 1. The van der Waals surface area contributed by atoms with E-state index >= 15 is 0 Å². The molecule has 2 atom stereocenters. The number of halogens is 1. The molecule has 0 heterocycles. The number of aliphatic hydroxyl groups is 1. The van der Waals surface area contributed by atoms with Crippen molar-refractivity contribution in [2.45, 2.75) is 25.0 Å². The van der Waals surface area contributed by atoms with Crippen molar-refractivity contribution in [1.82, 2.24) is 0 Å². The average Bonchev–Trinajstić information content (AvgIpc) is 2.27. The van der Waals surface area contributed by atoms with Crippen molar-refractivity contribution in [1.29, 1.82) is 0 Å². The summed E-state index contributed by atoms with van der Waals surface area (Å²) in [6.07, 6.45) is 0.867. The largest absolute Gasteiger partial charge is 0.388 e. The fourth-order valence-corrected chi connectivity index (χ4v) is 1.85. The fraction of sp³-hybridized carbons (Fsp3) is 0.500. The van der Waals surface area contributed by atoms with Gasteiger partial charge in [-0.2, -0.15) is 0 Å². The molecule has 1 aromatic rings. The summed E-state index contributed by atoms with van der Waals surface area (Å²) >= 11 is 2.24. The van der Waals surface area contributed by atoms with Crippen molar-refractivity contribution in [3.63, 3.8) is 0 Å². The van der Waals surface area contributed by atoms with E-state index in [1.807, 2.05) is 24.3 Å². The maximum Gasteiger partial charge on any atom is 0.0804 e. The highest BCUT2D eigenvalue weighted by Gasteiger charge is 2.12. The zero-order chi connectivity index (χ0) is 12.0. The molecule has 0 radical (unpaired) electrons. The van der Waals surface area contributed by atoms with E-state index in [2.05, 4.69) is 22.6 Å². The Morgan fingerprint density at radius 1 is 1.38 bits per heavy atom. The van der Waals surface area contributed by atoms with E-state index in [-0.39, 0.29) is 6.04 Å². The Kier molecular flexibility index (Phi) is 6.26. The van der Waals surface area contributed by atoms with Crippen LogP contribution in [0.15, 0.2) is 24.3 Å². The van der Waals surface area contributed by atoms with Gasteiger partial charge in [-0.05, 0) is 53.1 Å². The Hall–Kier alpha value is -0.170. The van der Waals surface area contributed by atoms with Gasteiger partial charge in [-0.25, -0.2) is 0 Å². The molecular formula is C12H18INO2. The van der Waals surface area contributed by atoms with Gasteiger partial charge in [0.2, 0.25) is 0 Å². The summed E-state index contributed by atoms with van der Waals surface area (Å²) < 4.78 is 6.12. The lowest BCUT2D eigenvalue weighted by atomic mass is 10.0. The number of rotatable bonds is 6. The molecule has 3 N–H and O–H groups in total. The van der Waals surface area contributed by atoms with Gasteiger partial charge in [0.15, 0.2) is 0 Å². The minimum absolute atomic E-state index is 0.0192. The molecule has 1 rings (SSSR count). The first-order valence-corrected chi connectivity index (χ1v) is 6.39. The Labute approximate surface area is 110 Å². The van der Waals surface area contributed by atoms with E-state index < -0.39 is 6.10 Å². The lowest BCUT2D eigenvalue weighted by molar-refractivity contribution is 0.141. The number of benzene rings is 1. The molecule has 0 bridgehead atoms. The fourth-order valence-electron chi connectivity index (χ4n) is 1.49. The van der Waals surface area contributed by atoms with Gasteiger partial charge >= 0.3 is 0 Å². The lowest BCUT2D eigenvalue weighted by Gasteiger charge is -2.16. The minimum atomic E-state index is -0.483. The number of nitrogens with two attached hydrogens (primary N) is 1. The molecule has 0 amide bonds. The number of hydrogen-bond acceptors (Lipinski definition) is 3. The molecule has 0 saturated heterocycles. The summed E-state index contributed by atoms with van der Waals surface area (Å²) in [5, 5.41) is 9.96. The van der Waals surface area contributed by atoms with Crippen LogP contribution in [0, 0.1) is 3.57 Å². The second-order valence-corrected chi connectivity index (χ2v) is 5.09. The van der Waals surface area contributed by atoms with Gasteiger partial charge in [-0.1, -0.05) is 12.1 Å². The standard InChI is InChI=1S/C12H18INO2/c1-16-7-6-11(14)8-12(15)9-2-4-10(13)5-3-9/h2-5,11-12,15H,6-8,14H2,1H3. The first-order chi connectivity index (χ1) is 7.63. The van der Waals surface area contributed by atoms with Crippen LogP contribution in [-0.4, -0.2) is 24.9 Å². The third kappa shape index (κ3) is 4.78. The van der Waals surface area contributed by atoms with Gasteiger partial charge in [-0.3, -0.25) is 0 Å². The summed E-state index contributed by atoms with van der Waals surface area (Å²) in [5.41, 5.74) is 6.81. The van der Waals surface area contributed by atoms with Crippen molar-refractivity contribution in [3.05, 3.63) is 33.4 Å². The van der Waals surface area contributed by atoms with E-state index in [0.29, 0.717) is 13.0 Å². The summed E-state index contributed by atoms with van der Waals surface area (Å²) in [7, 11) is 1.66. The molecule has 2 unspecified atom stereocenters. The van der Waals surface area contributed by atoms with Crippen LogP contribution in [0.3, 0.4) is 0 Å². The van der Waals surface area contributed by atoms with E-state index in [1.165, 1.54) is 0 Å². The molecule has 0 aliphatic heterocycles. The summed E-state index contributed by atoms with van der Waals surface area (Å²) in [4.78, 5) is 0. The zero-order valence-electron chi connectivity index (χ0n) is 9.40. The maximum atomic E-state index is 9.96. The van der Waals surface area contributed by atoms with Crippen molar-refractivity contribution in [3.8, 4) is 0 Å². The molecule has 0 aliphatic rings. The monoisotopic (exact) mass is 335 g/mol. The summed E-state index contributed by atoms with van der Waals surface area (Å²) in [6.45, 7) is 0.639. The molecule has 4 heteroatoms. The van der Waals surface area contributed by atoms with Crippen LogP contribution in [-0.2, 0) is 4.74 Å². The van der Waals surface area contributed by atoms with E-state index in [4.69, 9.17) is 10.5 Å². The molecule has 0 spiro atoms. The van der Waals surface area contributed by atoms with Crippen LogP contribution >= 0.6 is 22.6 Å². The maximum absolute atomic E-state index is 9.96. The van der Waals surface area contributed by atoms with Crippen molar-refractivity contribution in [2.75, 3.05) is 13.7 Å². The molecule has 0 aliphatic carbocycles. The first-order valence-electron chi connectivity index (χ1n) is 5.31. The lowest BCUT2D eigenvalue weighted by Crippen LogP contribution is -2.24. The Morgan fingerprint density at radius 3 is 2.56 bits per heavy atom. The Balaban J connectivity index is 2.45. The molecular weight excluding hydrogens is 317 g/mol. The predicted octanol–water partition coefficient (Wildman–Crippen LogP) is 2.08. The van der Waals surface area contributed by atoms with Crippen LogP contribution in [0.5, 0.6) is 0 Å². The smallest absolute Gasteiger partial charge is 0.0804 e. The molecule has 1 aromatic carbocycles. The quantitative estimate of drug-likeness (QED) is 0.783. The number of hydrogen-bond donors (Lipinski definition) is 2. The van der Waals surface area contributed by atoms with Gasteiger partial charge in [0, 0.05) is 23.3 Å². The van der Waals surface area contributed by atoms with E-state index in [0.717, 1.165) is 15.6 Å². The normalized spacial score (nSPS) is 14.8. The van der Waals surface area contributed by atoms with Crippen LogP contribution in [0.2, 0.25) is 0 Å². The highest BCUT2D eigenvalue weighted by molar-refractivity contribution is 14.1. The molecule has 0 fully saturated rings. The first kappa shape index (κ1) is 13.9. The second-order valence-electron chi connectivity index (χ2n) is 3.84. The third-order valence-electron chi connectivity index (χ3n) is 2.47. The van der Waals surface area contributed by atoms with Crippen LogP contribution in [0.25, 0.3) is 0 Å². The van der Waals surface area contributed by atoms with Crippen LogP contribution in [0.4, 0.5) is 0 Å². The molecule has 0 aromatic heterocycles. The minimum Gasteiger partial charge on any atom is -0.388 e. The average molecular weight is 335 g/mol. The number of aliphatic hydroxyl groups excluding tert-OH is 1. The van der Waals surface area contributed by atoms with Gasteiger partial charge in [-0.15, -0.1) is 0 Å². The topological polar surface area (TPSA) is 55.5 Å². The Bertz CT molecular complexity index is 302. The zero-order valence-corrected chi connectivity index (χ0v) is 11.6. The van der Waals surface area contributed by atoms with Crippen LogP contribution in [0.1, 0.15) is 24.5 Å². The van der Waals surface area contributed by atoms with E-state index in [9.17, 15) is 5.11 Å². The van der Waals surface area contributed by atoms with Crippen molar-refractivity contribution < 1.29 is 9.84 Å².